The molecule has 0 spiro atoms. The smallest absolute Gasteiger partial charge is 0.245 e. The summed E-state index contributed by atoms with van der Waals surface area (Å²) in [7, 11) is 1.60. The third-order valence-electron chi connectivity index (χ3n) is 4.71. The molecule has 1 saturated heterocycles. The van der Waals surface area contributed by atoms with Crippen LogP contribution in [0.5, 0.6) is 0 Å². The van der Waals surface area contributed by atoms with Crippen molar-refractivity contribution in [3.8, 4) is 0 Å². The van der Waals surface area contributed by atoms with E-state index in [1.165, 1.54) is 4.90 Å². The maximum atomic E-state index is 13.9. The normalized spacial score (nSPS) is 18.5. The summed E-state index contributed by atoms with van der Waals surface area (Å²) in [6, 6.07) is 0.0194. The Hall–Kier alpha value is -2.13. The molecular formula is C20H28F3N3O3. The molecule has 2 rings (SSSR count). The van der Waals surface area contributed by atoms with E-state index in [1.807, 2.05) is 20.8 Å². The number of hydrogen-bond donors (Lipinski definition) is 2. The Morgan fingerprint density at radius 1 is 1.28 bits per heavy atom. The zero-order valence-corrected chi connectivity index (χ0v) is 17.2. The van der Waals surface area contributed by atoms with Gasteiger partial charge in [0.05, 0.1) is 12.2 Å². The molecule has 2 amide bonds. The third-order valence-corrected chi connectivity index (χ3v) is 4.71. The van der Waals surface area contributed by atoms with E-state index in [-0.39, 0.29) is 36.8 Å². The largest absolute Gasteiger partial charge is 0.373 e. The summed E-state index contributed by atoms with van der Waals surface area (Å²) in [6.45, 7) is 6.29. The molecule has 6 nitrogen and oxygen atoms in total. The molecular weight excluding hydrogens is 387 g/mol. The molecule has 29 heavy (non-hydrogen) atoms. The predicted molar refractivity (Wildman–Crippen MR) is 102 cm³/mol. The van der Waals surface area contributed by atoms with Crippen molar-refractivity contribution in [2.24, 2.45) is 0 Å². The van der Waals surface area contributed by atoms with Crippen molar-refractivity contribution < 1.29 is 27.5 Å². The van der Waals surface area contributed by atoms with Crippen LogP contribution >= 0.6 is 0 Å². The Balaban J connectivity index is 2.08. The van der Waals surface area contributed by atoms with Gasteiger partial charge in [-0.3, -0.25) is 9.59 Å². The van der Waals surface area contributed by atoms with Gasteiger partial charge < -0.3 is 20.3 Å². The van der Waals surface area contributed by atoms with Gasteiger partial charge in [-0.25, -0.2) is 13.2 Å². The number of nitrogens with one attached hydrogen (secondary N) is 2. The highest BCUT2D eigenvalue weighted by Gasteiger charge is 2.35. The molecule has 0 aromatic heterocycles. The highest BCUT2D eigenvalue weighted by Crippen LogP contribution is 2.18. The second kappa shape index (κ2) is 9.58. The first-order chi connectivity index (χ1) is 13.5. The van der Waals surface area contributed by atoms with Crippen LogP contribution in [-0.2, 0) is 20.7 Å². The highest BCUT2D eigenvalue weighted by atomic mass is 19.2. The Morgan fingerprint density at radius 2 is 1.93 bits per heavy atom. The van der Waals surface area contributed by atoms with Gasteiger partial charge in [0.25, 0.3) is 0 Å². The van der Waals surface area contributed by atoms with Gasteiger partial charge in [-0.15, -0.1) is 0 Å². The molecule has 0 bridgehead atoms. The lowest BCUT2D eigenvalue weighted by Gasteiger charge is -2.37. The quantitative estimate of drug-likeness (QED) is 0.666. The number of carbonyl (C=O) groups excluding carboxylic acids is 2. The topological polar surface area (TPSA) is 70.7 Å². The molecule has 162 valence electrons. The Bertz CT molecular complexity index is 752. The number of carbonyl (C=O) groups is 2. The summed E-state index contributed by atoms with van der Waals surface area (Å²) in [6.07, 6.45) is -0.0390. The SMILES string of the molecule is CN[C@@H](CC(=O)N1CCNC(=O)[C@H]1COC(C)(C)C)Cc1cc(F)c(F)cc1F. The maximum Gasteiger partial charge on any atom is 0.245 e. The first kappa shape index (κ1) is 23.2. The van der Waals surface area contributed by atoms with Gasteiger partial charge in [0, 0.05) is 31.6 Å². The lowest BCUT2D eigenvalue weighted by Crippen LogP contribution is -2.60. The molecule has 0 unspecified atom stereocenters. The lowest BCUT2D eigenvalue weighted by atomic mass is 10.0. The number of hydrogen-bond acceptors (Lipinski definition) is 4. The third kappa shape index (κ3) is 6.43. The molecule has 1 heterocycles. The van der Waals surface area contributed by atoms with Crippen LogP contribution in [0.25, 0.3) is 0 Å². The zero-order chi connectivity index (χ0) is 21.8. The molecule has 0 saturated carbocycles. The number of rotatable bonds is 7. The van der Waals surface area contributed by atoms with E-state index >= 15 is 0 Å². The minimum absolute atomic E-state index is 0.00549. The maximum absolute atomic E-state index is 13.9. The van der Waals surface area contributed by atoms with Crippen molar-refractivity contribution in [1.29, 1.82) is 0 Å². The van der Waals surface area contributed by atoms with Crippen LogP contribution in [-0.4, -0.2) is 61.1 Å². The van der Waals surface area contributed by atoms with Gasteiger partial charge in [-0.1, -0.05) is 0 Å². The van der Waals surface area contributed by atoms with Crippen molar-refractivity contribution in [1.82, 2.24) is 15.5 Å². The van der Waals surface area contributed by atoms with Gasteiger partial charge >= 0.3 is 0 Å². The molecule has 0 radical (unpaired) electrons. The fourth-order valence-electron chi connectivity index (χ4n) is 3.10. The number of piperazine rings is 1. The number of halogens is 3. The van der Waals surface area contributed by atoms with E-state index in [0.717, 1.165) is 6.07 Å². The average Bonchev–Trinajstić information content (AvgIpc) is 2.63. The van der Waals surface area contributed by atoms with E-state index in [4.69, 9.17) is 4.74 Å². The van der Waals surface area contributed by atoms with E-state index in [9.17, 15) is 22.8 Å². The standard InChI is InChI=1S/C20H28F3N3O3/c1-20(2,3)29-11-17-19(28)25-5-6-26(17)18(27)9-13(24-4)7-12-8-15(22)16(23)10-14(12)21/h8,10,13,17,24H,5-7,9,11H2,1-4H3,(H,25,28)/t13-,17-/m1/s1. The summed E-state index contributed by atoms with van der Waals surface area (Å²) < 4.78 is 46.2. The number of ether oxygens (including phenoxy) is 1. The molecule has 9 heteroatoms. The van der Waals surface area contributed by atoms with Gasteiger partial charge in [0.1, 0.15) is 11.9 Å². The van der Waals surface area contributed by atoms with Crippen LogP contribution in [0.15, 0.2) is 12.1 Å². The van der Waals surface area contributed by atoms with Gasteiger partial charge in [0.15, 0.2) is 11.6 Å². The molecule has 1 fully saturated rings. The molecule has 1 aromatic rings. The van der Waals surface area contributed by atoms with Gasteiger partial charge in [-0.05, 0) is 45.9 Å². The van der Waals surface area contributed by atoms with E-state index < -0.39 is 35.1 Å². The van der Waals surface area contributed by atoms with Crippen LogP contribution in [0.3, 0.4) is 0 Å². The molecule has 0 aliphatic carbocycles. The number of benzene rings is 1. The Labute approximate surface area is 168 Å². The van der Waals surface area contributed by atoms with E-state index in [1.54, 1.807) is 7.05 Å². The predicted octanol–water partition coefficient (Wildman–Crippen LogP) is 1.77. The molecule has 1 aliphatic heterocycles. The minimum Gasteiger partial charge on any atom is -0.373 e. The monoisotopic (exact) mass is 415 g/mol. The number of amides is 2. The van der Waals surface area contributed by atoms with Crippen molar-refractivity contribution in [2.75, 3.05) is 26.7 Å². The molecule has 1 aliphatic rings. The van der Waals surface area contributed by atoms with Crippen LogP contribution in [0.2, 0.25) is 0 Å². The van der Waals surface area contributed by atoms with Crippen LogP contribution in [0.1, 0.15) is 32.8 Å². The second-order valence-electron chi connectivity index (χ2n) is 8.07. The van der Waals surface area contributed by atoms with Crippen molar-refractivity contribution in [2.45, 2.75) is 51.3 Å². The number of nitrogens with zero attached hydrogens (tertiary/aromatic N) is 1. The summed E-state index contributed by atoms with van der Waals surface area (Å²) in [5.41, 5.74) is -0.496. The van der Waals surface area contributed by atoms with Crippen LogP contribution in [0.4, 0.5) is 13.2 Å². The van der Waals surface area contributed by atoms with Crippen molar-refractivity contribution in [3.63, 3.8) is 0 Å². The lowest BCUT2D eigenvalue weighted by molar-refractivity contribution is -0.148. The number of likely N-dealkylation sites (N-methyl/N-ethyl adjacent to an activating group) is 1. The molecule has 2 atom stereocenters. The zero-order valence-electron chi connectivity index (χ0n) is 17.2. The van der Waals surface area contributed by atoms with E-state index in [2.05, 4.69) is 10.6 Å². The Morgan fingerprint density at radius 3 is 2.55 bits per heavy atom. The fourth-order valence-corrected chi connectivity index (χ4v) is 3.10. The minimum atomic E-state index is -1.26. The summed E-state index contributed by atoms with van der Waals surface area (Å²) in [5, 5.41) is 5.63. The first-order valence-corrected chi connectivity index (χ1v) is 9.53. The van der Waals surface area contributed by atoms with Crippen molar-refractivity contribution in [3.05, 3.63) is 35.1 Å². The Kier molecular flexibility index (Phi) is 7.65. The average molecular weight is 415 g/mol. The summed E-state index contributed by atoms with van der Waals surface area (Å²) in [4.78, 5) is 26.6. The van der Waals surface area contributed by atoms with Crippen molar-refractivity contribution >= 4 is 11.8 Å². The van der Waals surface area contributed by atoms with Crippen LogP contribution < -0.4 is 10.6 Å². The second-order valence-corrected chi connectivity index (χ2v) is 8.07. The highest BCUT2D eigenvalue weighted by molar-refractivity contribution is 5.89. The summed E-state index contributed by atoms with van der Waals surface area (Å²) >= 11 is 0. The molecule has 2 N–H and O–H groups in total. The van der Waals surface area contributed by atoms with E-state index in [0.29, 0.717) is 19.2 Å². The summed E-state index contributed by atoms with van der Waals surface area (Å²) in [5.74, 6) is -3.87. The van der Waals surface area contributed by atoms with Crippen LogP contribution in [0, 0.1) is 17.5 Å². The van der Waals surface area contributed by atoms with Gasteiger partial charge in [0.2, 0.25) is 11.8 Å². The molecule has 1 aromatic carbocycles. The fraction of sp³-hybridized carbons (Fsp3) is 0.600. The van der Waals surface area contributed by atoms with Gasteiger partial charge in [-0.2, -0.15) is 0 Å². The first-order valence-electron chi connectivity index (χ1n) is 9.53.